The first-order valence-electron chi connectivity index (χ1n) is 4.48. The molecule has 0 saturated heterocycles. The summed E-state index contributed by atoms with van der Waals surface area (Å²) >= 11 is 0. The molecule has 0 aromatic heterocycles. The minimum Gasteiger partial charge on any atom is -0.378 e. The fourth-order valence-corrected chi connectivity index (χ4v) is 2.77. The molecule has 2 rings (SSSR count). The molecule has 2 aliphatic carbocycles. The van der Waals surface area contributed by atoms with Crippen LogP contribution in [0.25, 0.3) is 0 Å². The minimum absolute atomic E-state index is 0.253. The Morgan fingerprint density at radius 1 is 1.18 bits per heavy atom. The summed E-state index contributed by atoms with van der Waals surface area (Å²) in [4.78, 5) is 0. The van der Waals surface area contributed by atoms with E-state index in [0.717, 1.165) is 0 Å². The van der Waals surface area contributed by atoms with Gasteiger partial charge in [-0.15, -0.1) is 0 Å². The Kier molecular flexibility index (Phi) is 1.52. The van der Waals surface area contributed by atoms with Gasteiger partial charge in [0.25, 0.3) is 0 Å². The molecule has 11 heavy (non-hydrogen) atoms. The van der Waals surface area contributed by atoms with Crippen molar-refractivity contribution in [3.05, 3.63) is 0 Å². The highest BCUT2D eigenvalue weighted by Crippen LogP contribution is 2.51. The fourth-order valence-electron chi connectivity index (χ4n) is 2.77. The summed E-state index contributed by atoms with van der Waals surface area (Å²) in [6, 6.07) is 0. The van der Waals surface area contributed by atoms with Crippen LogP contribution in [-0.2, 0) is 4.74 Å². The average molecular weight is 155 g/mol. The van der Waals surface area contributed by atoms with Gasteiger partial charge in [-0.1, -0.05) is 0 Å². The van der Waals surface area contributed by atoms with E-state index in [0.29, 0.717) is 5.54 Å². The van der Waals surface area contributed by atoms with E-state index in [9.17, 15) is 0 Å². The van der Waals surface area contributed by atoms with Crippen molar-refractivity contribution in [2.75, 3.05) is 14.2 Å². The predicted octanol–water partition coefficient (Wildman–Crippen LogP) is 1.31. The second-order valence-electron chi connectivity index (χ2n) is 4.09. The molecule has 2 nitrogen and oxygen atoms in total. The summed E-state index contributed by atoms with van der Waals surface area (Å²) in [7, 11) is 3.94. The maximum atomic E-state index is 5.58. The van der Waals surface area contributed by atoms with Crippen molar-refractivity contribution in [1.29, 1.82) is 0 Å². The summed E-state index contributed by atoms with van der Waals surface area (Å²) in [6.45, 7) is 0. The van der Waals surface area contributed by atoms with Gasteiger partial charge in [0, 0.05) is 12.6 Å². The second kappa shape index (κ2) is 2.20. The van der Waals surface area contributed by atoms with Crippen LogP contribution in [0.1, 0.15) is 32.1 Å². The average Bonchev–Trinajstić information content (AvgIpc) is 2.61. The first-order valence-corrected chi connectivity index (χ1v) is 4.48. The van der Waals surface area contributed by atoms with Crippen molar-refractivity contribution in [2.24, 2.45) is 0 Å². The molecule has 0 spiro atoms. The zero-order chi connectivity index (χ0) is 7.95. The molecule has 1 N–H and O–H groups in total. The van der Waals surface area contributed by atoms with E-state index < -0.39 is 0 Å². The van der Waals surface area contributed by atoms with Crippen LogP contribution in [0.3, 0.4) is 0 Å². The third-order valence-corrected chi connectivity index (χ3v) is 3.74. The molecule has 2 bridgehead atoms. The molecule has 2 fully saturated rings. The lowest BCUT2D eigenvalue weighted by Gasteiger charge is -2.26. The smallest absolute Gasteiger partial charge is 0.0697 e. The Balaban J connectivity index is 2.15. The minimum atomic E-state index is 0.253. The fraction of sp³-hybridized carbons (Fsp3) is 1.00. The van der Waals surface area contributed by atoms with Gasteiger partial charge in [0.1, 0.15) is 0 Å². The largest absolute Gasteiger partial charge is 0.378 e. The van der Waals surface area contributed by atoms with Gasteiger partial charge < -0.3 is 10.1 Å². The van der Waals surface area contributed by atoms with Crippen molar-refractivity contribution in [2.45, 2.75) is 43.2 Å². The molecule has 0 atom stereocenters. The molecule has 0 aromatic rings. The van der Waals surface area contributed by atoms with Gasteiger partial charge in [0.2, 0.25) is 0 Å². The van der Waals surface area contributed by atoms with E-state index in [4.69, 9.17) is 4.74 Å². The van der Waals surface area contributed by atoms with Crippen LogP contribution in [0, 0.1) is 0 Å². The molecule has 0 aromatic carbocycles. The topological polar surface area (TPSA) is 21.3 Å². The summed E-state index contributed by atoms with van der Waals surface area (Å²) < 4.78 is 5.58. The van der Waals surface area contributed by atoms with Crippen LogP contribution >= 0.6 is 0 Å². The number of hydrogen-bond acceptors (Lipinski definition) is 2. The summed E-state index contributed by atoms with van der Waals surface area (Å²) in [5.41, 5.74) is 0.693. The van der Waals surface area contributed by atoms with E-state index >= 15 is 0 Å². The monoisotopic (exact) mass is 155 g/mol. The highest BCUT2D eigenvalue weighted by atomic mass is 16.5. The van der Waals surface area contributed by atoms with Crippen molar-refractivity contribution >= 4 is 0 Å². The standard InChI is InChI=1S/C9H17NO/c1-10-8-3-5-9(7-8,11-2)6-4-8/h10H,3-7H2,1-2H3. The van der Waals surface area contributed by atoms with Crippen molar-refractivity contribution < 1.29 is 4.74 Å². The van der Waals surface area contributed by atoms with Gasteiger partial charge in [-0.3, -0.25) is 0 Å². The third-order valence-electron chi connectivity index (χ3n) is 3.74. The zero-order valence-electron chi connectivity index (χ0n) is 7.44. The molecule has 0 heterocycles. The lowest BCUT2D eigenvalue weighted by Crippen LogP contribution is -2.37. The second-order valence-corrected chi connectivity index (χ2v) is 4.09. The van der Waals surface area contributed by atoms with E-state index in [1.165, 1.54) is 32.1 Å². The molecule has 2 aliphatic rings. The van der Waals surface area contributed by atoms with Gasteiger partial charge in [0.15, 0.2) is 0 Å². The number of nitrogens with one attached hydrogen (secondary N) is 1. The summed E-state index contributed by atoms with van der Waals surface area (Å²) in [5, 5.41) is 3.45. The molecule has 0 unspecified atom stereocenters. The van der Waals surface area contributed by atoms with Gasteiger partial charge in [-0.25, -0.2) is 0 Å². The number of ether oxygens (including phenoxy) is 1. The molecule has 2 heteroatoms. The van der Waals surface area contributed by atoms with Crippen LogP contribution < -0.4 is 5.32 Å². The Hall–Kier alpha value is -0.0800. The molecular weight excluding hydrogens is 138 g/mol. The normalized spacial score (nSPS) is 48.5. The molecule has 0 amide bonds. The van der Waals surface area contributed by atoms with Crippen LogP contribution in [-0.4, -0.2) is 25.3 Å². The first-order chi connectivity index (χ1) is 5.24. The maximum Gasteiger partial charge on any atom is 0.0697 e. The quantitative estimate of drug-likeness (QED) is 0.649. The first kappa shape index (κ1) is 7.56. The number of fused-ring (bicyclic) bond motifs is 2. The molecule has 2 saturated carbocycles. The number of methoxy groups -OCH3 is 1. The zero-order valence-corrected chi connectivity index (χ0v) is 7.44. The highest BCUT2D eigenvalue weighted by Gasteiger charge is 2.53. The lowest BCUT2D eigenvalue weighted by atomic mass is 9.93. The summed E-state index contributed by atoms with van der Waals surface area (Å²) in [5.74, 6) is 0. The molecule has 0 aliphatic heterocycles. The Morgan fingerprint density at radius 2 is 1.82 bits per heavy atom. The van der Waals surface area contributed by atoms with E-state index in [-0.39, 0.29) is 5.60 Å². The van der Waals surface area contributed by atoms with Gasteiger partial charge in [-0.2, -0.15) is 0 Å². The third kappa shape index (κ3) is 0.926. The van der Waals surface area contributed by atoms with Crippen LogP contribution in [0.5, 0.6) is 0 Å². The highest BCUT2D eigenvalue weighted by molar-refractivity contribution is 5.10. The summed E-state index contributed by atoms with van der Waals surface area (Å²) in [6.07, 6.45) is 6.34. The lowest BCUT2D eigenvalue weighted by molar-refractivity contribution is -0.000313. The molecule has 64 valence electrons. The molecule has 0 radical (unpaired) electrons. The van der Waals surface area contributed by atoms with Crippen molar-refractivity contribution in [1.82, 2.24) is 5.32 Å². The van der Waals surface area contributed by atoms with E-state index in [1.54, 1.807) is 0 Å². The van der Waals surface area contributed by atoms with E-state index in [2.05, 4.69) is 12.4 Å². The number of rotatable bonds is 2. The Bertz CT molecular complexity index is 141. The van der Waals surface area contributed by atoms with Gasteiger partial charge >= 0.3 is 0 Å². The predicted molar refractivity (Wildman–Crippen MR) is 44.6 cm³/mol. The Morgan fingerprint density at radius 3 is 2.09 bits per heavy atom. The maximum absolute atomic E-state index is 5.58. The number of hydrogen-bond donors (Lipinski definition) is 1. The van der Waals surface area contributed by atoms with Gasteiger partial charge in [0.05, 0.1) is 5.60 Å². The van der Waals surface area contributed by atoms with Crippen LogP contribution in [0.2, 0.25) is 0 Å². The van der Waals surface area contributed by atoms with Crippen LogP contribution in [0.15, 0.2) is 0 Å². The Labute approximate surface area is 68.3 Å². The van der Waals surface area contributed by atoms with Crippen molar-refractivity contribution in [3.8, 4) is 0 Å². The van der Waals surface area contributed by atoms with Crippen LogP contribution in [0.4, 0.5) is 0 Å². The van der Waals surface area contributed by atoms with Crippen molar-refractivity contribution in [3.63, 3.8) is 0 Å². The van der Waals surface area contributed by atoms with Gasteiger partial charge in [-0.05, 0) is 39.2 Å². The SMILES string of the molecule is CNC12CCC(OC)(CC1)C2. The van der Waals surface area contributed by atoms with E-state index in [1.807, 2.05) is 7.11 Å². The molecular formula is C9H17NO.